The van der Waals surface area contributed by atoms with Gasteiger partial charge in [0.2, 0.25) is 0 Å². The van der Waals surface area contributed by atoms with Crippen LogP contribution in [0.3, 0.4) is 0 Å². The molecule has 0 aliphatic heterocycles. The topological polar surface area (TPSA) is 17.8 Å². The van der Waals surface area contributed by atoms with E-state index in [1.807, 2.05) is 4.68 Å². The van der Waals surface area contributed by atoms with Gasteiger partial charge in [-0.15, -0.1) is 0 Å². The quantitative estimate of drug-likeness (QED) is 0.716. The molecule has 1 aromatic heterocycles. The van der Waals surface area contributed by atoms with Gasteiger partial charge in [-0.2, -0.15) is 5.10 Å². The van der Waals surface area contributed by atoms with Crippen LogP contribution in [0, 0.1) is 0 Å². The smallest absolute Gasteiger partial charge is 0.146 e. The summed E-state index contributed by atoms with van der Waals surface area (Å²) in [6.45, 7) is 4.10. The van der Waals surface area contributed by atoms with Crippen molar-refractivity contribution >= 4 is 27.5 Å². The summed E-state index contributed by atoms with van der Waals surface area (Å²) in [4.78, 5) is 0. The Labute approximate surface area is 73.3 Å². The zero-order valence-corrected chi connectivity index (χ0v) is 8.15. The number of rotatable bonds is 1. The summed E-state index contributed by atoms with van der Waals surface area (Å²) in [7, 11) is 0. The second-order valence-corrected chi connectivity index (χ2v) is 3.50. The molecule has 0 bridgehead atoms. The van der Waals surface area contributed by atoms with Crippen LogP contribution in [0.2, 0.25) is 5.02 Å². The minimum atomic E-state index is 0.365. The normalized spacial score (nSPS) is 10.9. The summed E-state index contributed by atoms with van der Waals surface area (Å²) in [5.74, 6) is 0. The summed E-state index contributed by atoms with van der Waals surface area (Å²) >= 11 is 8.96. The van der Waals surface area contributed by atoms with E-state index in [2.05, 4.69) is 34.9 Å². The zero-order chi connectivity index (χ0) is 7.72. The molecule has 0 saturated carbocycles. The Morgan fingerprint density at radius 3 is 2.50 bits per heavy atom. The summed E-state index contributed by atoms with van der Waals surface area (Å²) in [5, 5.41) is 4.77. The van der Waals surface area contributed by atoms with Gasteiger partial charge in [0.1, 0.15) is 4.60 Å². The van der Waals surface area contributed by atoms with Crippen LogP contribution in [0.5, 0.6) is 0 Å². The molecule has 0 aliphatic rings. The average Bonchev–Trinajstić information content (AvgIpc) is 2.13. The van der Waals surface area contributed by atoms with Crippen molar-refractivity contribution in [2.75, 3.05) is 0 Å². The van der Waals surface area contributed by atoms with Crippen LogP contribution in [-0.4, -0.2) is 9.78 Å². The van der Waals surface area contributed by atoms with E-state index in [9.17, 15) is 0 Å². The van der Waals surface area contributed by atoms with Crippen molar-refractivity contribution in [3.63, 3.8) is 0 Å². The van der Waals surface area contributed by atoms with Gasteiger partial charge in [0.15, 0.2) is 0 Å². The molecule has 0 unspecified atom stereocenters. The van der Waals surface area contributed by atoms with Crippen molar-refractivity contribution in [3.05, 3.63) is 15.8 Å². The van der Waals surface area contributed by atoms with Crippen LogP contribution in [-0.2, 0) is 0 Å². The number of aromatic nitrogens is 2. The molecule has 0 fully saturated rings. The molecule has 2 nitrogen and oxygen atoms in total. The minimum Gasteiger partial charge on any atom is -0.268 e. The van der Waals surface area contributed by atoms with E-state index in [0.717, 1.165) is 0 Å². The van der Waals surface area contributed by atoms with E-state index in [-0.39, 0.29) is 0 Å². The predicted molar refractivity (Wildman–Crippen MR) is 45.3 cm³/mol. The maximum Gasteiger partial charge on any atom is 0.146 e. The molecule has 0 atom stereocenters. The zero-order valence-electron chi connectivity index (χ0n) is 5.81. The fraction of sp³-hybridized carbons (Fsp3) is 0.500. The van der Waals surface area contributed by atoms with Crippen LogP contribution in [0.4, 0.5) is 0 Å². The highest BCUT2D eigenvalue weighted by Gasteiger charge is 2.04. The monoisotopic (exact) mass is 222 g/mol. The molecule has 4 heteroatoms. The molecule has 10 heavy (non-hydrogen) atoms. The van der Waals surface area contributed by atoms with Gasteiger partial charge in [-0.05, 0) is 29.8 Å². The molecular weight excluding hydrogens is 215 g/mol. The Balaban J connectivity index is 2.98. The van der Waals surface area contributed by atoms with Crippen LogP contribution in [0.1, 0.15) is 19.9 Å². The molecular formula is C6H8BrClN2. The predicted octanol–water partition coefficient (Wildman–Crippen LogP) is 2.88. The van der Waals surface area contributed by atoms with Gasteiger partial charge in [0.25, 0.3) is 0 Å². The highest BCUT2D eigenvalue weighted by Crippen LogP contribution is 2.21. The number of nitrogens with zero attached hydrogens (tertiary/aromatic N) is 2. The maximum absolute atomic E-state index is 5.74. The van der Waals surface area contributed by atoms with Crippen LogP contribution in [0.25, 0.3) is 0 Å². The van der Waals surface area contributed by atoms with E-state index >= 15 is 0 Å². The van der Waals surface area contributed by atoms with Gasteiger partial charge in [0, 0.05) is 12.2 Å². The molecule has 0 aromatic carbocycles. The number of hydrogen-bond acceptors (Lipinski definition) is 1. The third-order valence-corrected chi connectivity index (χ3v) is 2.27. The summed E-state index contributed by atoms with van der Waals surface area (Å²) in [5.41, 5.74) is 0. The standard InChI is InChI=1S/C6H8BrClN2/c1-4(2)10-3-5(8)6(7)9-10/h3-4H,1-2H3. The Kier molecular flexibility index (Phi) is 2.36. The SMILES string of the molecule is CC(C)n1cc(Cl)c(Br)n1. The van der Waals surface area contributed by atoms with Crippen LogP contribution < -0.4 is 0 Å². The first kappa shape index (κ1) is 8.08. The summed E-state index contributed by atoms with van der Waals surface area (Å²) < 4.78 is 2.52. The van der Waals surface area contributed by atoms with Crippen molar-refractivity contribution in [2.45, 2.75) is 19.9 Å². The molecule has 0 amide bonds. The molecule has 0 N–H and O–H groups in total. The first-order chi connectivity index (χ1) is 4.61. The minimum absolute atomic E-state index is 0.365. The second-order valence-electron chi connectivity index (χ2n) is 2.34. The highest BCUT2D eigenvalue weighted by atomic mass is 79.9. The van der Waals surface area contributed by atoms with Crippen molar-refractivity contribution in [2.24, 2.45) is 0 Å². The van der Waals surface area contributed by atoms with Gasteiger partial charge >= 0.3 is 0 Å². The molecule has 56 valence electrons. The van der Waals surface area contributed by atoms with E-state index in [1.54, 1.807) is 6.20 Å². The lowest BCUT2D eigenvalue weighted by molar-refractivity contribution is 0.530. The van der Waals surface area contributed by atoms with E-state index in [4.69, 9.17) is 11.6 Å². The number of halogens is 2. The average molecular weight is 224 g/mol. The molecule has 0 saturated heterocycles. The van der Waals surface area contributed by atoms with Crippen molar-refractivity contribution in [1.82, 2.24) is 9.78 Å². The molecule has 0 aliphatic carbocycles. The van der Waals surface area contributed by atoms with E-state index in [0.29, 0.717) is 15.7 Å². The Hall–Kier alpha value is -0.0200. The van der Waals surface area contributed by atoms with Gasteiger partial charge in [0.05, 0.1) is 5.02 Å². The lowest BCUT2D eigenvalue weighted by Gasteiger charge is -2.02. The molecule has 1 heterocycles. The van der Waals surface area contributed by atoms with Crippen LogP contribution in [0.15, 0.2) is 10.8 Å². The maximum atomic E-state index is 5.74. The van der Waals surface area contributed by atoms with E-state index < -0.39 is 0 Å². The third kappa shape index (κ3) is 1.52. The fourth-order valence-electron chi connectivity index (χ4n) is 0.612. The summed E-state index contributed by atoms with van der Waals surface area (Å²) in [6, 6.07) is 0.365. The molecule has 1 aromatic rings. The lowest BCUT2D eigenvalue weighted by Crippen LogP contribution is -1.99. The van der Waals surface area contributed by atoms with Crippen molar-refractivity contribution < 1.29 is 0 Å². The Morgan fingerprint density at radius 1 is 1.70 bits per heavy atom. The van der Waals surface area contributed by atoms with Gasteiger partial charge in [-0.1, -0.05) is 11.6 Å². The summed E-state index contributed by atoms with van der Waals surface area (Å²) in [6.07, 6.45) is 1.80. The van der Waals surface area contributed by atoms with Crippen molar-refractivity contribution in [3.8, 4) is 0 Å². The number of hydrogen-bond donors (Lipinski definition) is 0. The van der Waals surface area contributed by atoms with Crippen molar-refractivity contribution in [1.29, 1.82) is 0 Å². The highest BCUT2D eigenvalue weighted by molar-refractivity contribution is 9.10. The fourth-order valence-corrected chi connectivity index (χ4v) is 1.04. The largest absolute Gasteiger partial charge is 0.268 e. The third-order valence-electron chi connectivity index (χ3n) is 1.18. The van der Waals surface area contributed by atoms with Crippen LogP contribution >= 0.6 is 27.5 Å². The first-order valence-corrected chi connectivity index (χ1v) is 4.18. The van der Waals surface area contributed by atoms with E-state index in [1.165, 1.54) is 0 Å². The molecule has 0 spiro atoms. The molecule has 0 radical (unpaired) electrons. The van der Waals surface area contributed by atoms with Gasteiger partial charge in [-0.25, -0.2) is 0 Å². The lowest BCUT2D eigenvalue weighted by atomic mass is 10.4. The first-order valence-electron chi connectivity index (χ1n) is 3.01. The van der Waals surface area contributed by atoms with Gasteiger partial charge in [-0.3, -0.25) is 4.68 Å². The molecule has 1 rings (SSSR count). The van der Waals surface area contributed by atoms with Gasteiger partial charge < -0.3 is 0 Å². The second kappa shape index (κ2) is 2.93. The Morgan fingerprint density at radius 2 is 2.30 bits per heavy atom. The Bertz CT molecular complexity index is 212.